The van der Waals surface area contributed by atoms with E-state index in [1.807, 2.05) is 0 Å². The number of aryl methyl sites for hydroxylation is 1. The van der Waals surface area contributed by atoms with Gasteiger partial charge in [0.2, 0.25) is 0 Å². The number of hydrogen-bond donors (Lipinski definition) is 0. The quantitative estimate of drug-likeness (QED) is 0.350. The minimum Gasteiger partial charge on any atom is -0.497 e. The molecular formula is C26H29NO5. The average Bonchev–Trinajstić information content (AvgIpc) is 3.14. The van der Waals surface area contributed by atoms with Crippen LogP contribution >= 0.6 is 0 Å². The van der Waals surface area contributed by atoms with Crippen molar-refractivity contribution >= 4 is 11.7 Å². The molecule has 5 rings (SSSR count). The third-order valence-corrected chi connectivity index (χ3v) is 8.42. The number of methoxy groups -OCH3 is 1. The topological polar surface area (TPSA) is 78.7 Å². The summed E-state index contributed by atoms with van der Waals surface area (Å²) in [5, 5.41) is 11.3. The average molecular weight is 436 g/mol. The molecule has 3 aliphatic rings. The number of carbonyl (C=O) groups is 1. The number of para-hydroxylation sites is 1. The summed E-state index contributed by atoms with van der Waals surface area (Å²) in [5.74, 6) is 1.98. The Morgan fingerprint density at radius 1 is 1.12 bits per heavy atom. The van der Waals surface area contributed by atoms with Crippen LogP contribution in [0.1, 0.15) is 66.4 Å². The fourth-order valence-electron chi connectivity index (χ4n) is 6.83. The van der Waals surface area contributed by atoms with Gasteiger partial charge >= 0.3 is 5.97 Å². The second-order valence-electron chi connectivity index (χ2n) is 9.77. The van der Waals surface area contributed by atoms with Gasteiger partial charge in [-0.25, -0.2) is 4.79 Å². The lowest BCUT2D eigenvalue weighted by Gasteiger charge is -2.50. The zero-order chi connectivity index (χ0) is 22.5. The second-order valence-corrected chi connectivity index (χ2v) is 9.77. The minimum atomic E-state index is -0.576. The van der Waals surface area contributed by atoms with Crippen molar-refractivity contribution in [2.45, 2.75) is 57.5 Å². The lowest BCUT2D eigenvalue weighted by molar-refractivity contribution is -0.385. The van der Waals surface area contributed by atoms with Crippen molar-refractivity contribution in [3.63, 3.8) is 0 Å². The van der Waals surface area contributed by atoms with Gasteiger partial charge in [0.15, 0.2) is 0 Å². The van der Waals surface area contributed by atoms with E-state index in [1.54, 1.807) is 19.2 Å². The largest absolute Gasteiger partial charge is 0.497 e. The fraction of sp³-hybridized carbons (Fsp3) is 0.500. The highest BCUT2D eigenvalue weighted by Gasteiger charge is 2.56. The van der Waals surface area contributed by atoms with Crippen LogP contribution < -0.4 is 4.74 Å². The first-order valence-electron chi connectivity index (χ1n) is 11.5. The van der Waals surface area contributed by atoms with E-state index in [4.69, 9.17) is 9.47 Å². The number of nitro benzene ring substituents is 1. The molecule has 0 radical (unpaired) electrons. The highest BCUT2D eigenvalue weighted by Crippen LogP contribution is 2.61. The summed E-state index contributed by atoms with van der Waals surface area (Å²) in [6.07, 6.45) is 5.95. The number of carbonyl (C=O) groups excluding carboxylic acids is 1. The van der Waals surface area contributed by atoms with E-state index < -0.39 is 10.9 Å². The number of rotatable bonds is 4. The Bertz CT molecular complexity index is 1070. The number of benzene rings is 2. The Morgan fingerprint density at radius 2 is 1.94 bits per heavy atom. The number of ether oxygens (including phenoxy) is 2. The number of esters is 1. The van der Waals surface area contributed by atoms with Crippen LogP contribution in [0.3, 0.4) is 0 Å². The first kappa shape index (κ1) is 21.0. The molecule has 32 heavy (non-hydrogen) atoms. The molecule has 0 N–H and O–H groups in total. The Morgan fingerprint density at radius 3 is 2.72 bits per heavy atom. The molecule has 168 valence electrons. The second kappa shape index (κ2) is 7.91. The molecule has 6 nitrogen and oxygen atoms in total. The molecule has 0 aromatic heterocycles. The van der Waals surface area contributed by atoms with Gasteiger partial charge in [0, 0.05) is 11.5 Å². The van der Waals surface area contributed by atoms with Crippen molar-refractivity contribution < 1.29 is 19.2 Å². The first-order chi connectivity index (χ1) is 15.4. The molecule has 0 aliphatic heterocycles. The van der Waals surface area contributed by atoms with Gasteiger partial charge in [-0.15, -0.1) is 0 Å². The number of nitro groups is 1. The van der Waals surface area contributed by atoms with Gasteiger partial charge in [0.25, 0.3) is 5.69 Å². The van der Waals surface area contributed by atoms with Crippen LogP contribution in [0.25, 0.3) is 0 Å². The third kappa shape index (κ3) is 3.28. The number of hydrogen-bond acceptors (Lipinski definition) is 5. The van der Waals surface area contributed by atoms with E-state index in [9.17, 15) is 14.9 Å². The van der Waals surface area contributed by atoms with Crippen molar-refractivity contribution in [2.24, 2.45) is 17.3 Å². The lowest BCUT2D eigenvalue weighted by atomic mass is 9.55. The van der Waals surface area contributed by atoms with Crippen LogP contribution in [0, 0.1) is 27.4 Å². The van der Waals surface area contributed by atoms with Crippen molar-refractivity contribution in [3.05, 3.63) is 69.3 Å². The summed E-state index contributed by atoms with van der Waals surface area (Å²) in [6, 6.07) is 12.6. The normalized spacial score (nSPS) is 30.6. The monoisotopic (exact) mass is 435 g/mol. The maximum atomic E-state index is 12.9. The summed E-state index contributed by atoms with van der Waals surface area (Å²) in [4.78, 5) is 23.7. The summed E-state index contributed by atoms with van der Waals surface area (Å²) in [7, 11) is 1.71. The fourth-order valence-corrected chi connectivity index (χ4v) is 6.83. The highest BCUT2D eigenvalue weighted by atomic mass is 16.6. The van der Waals surface area contributed by atoms with Gasteiger partial charge in [-0.2, -0.15) is 0 Å². The molecule has 0 bridgehead atoms. The summed E-state index contributed by atoms with van der Waals surface area (Å²) >= 11 is 0. The molecular weight excluding hydrogens is 406 g/mol. The molecule has 0 amide bonds. The SMILES string of the molecule is COc1ccc2c(c1)CCC1C2CCC2(C)C(OC(=O)c3ccccc3[N+](=O)[O-])CCC12. The van der Waals surface area contributed by atoms with Gasteiger partial charge in [0.1, 0.15) is 17.4 Å². The minimum absolute atomic E-state index is 0.0405. The van der Waals surface area contributed by atoms with Gasteiger partial charge in [-0.3, -0.25) is 10.1 Å². The molecule has 2 fully saturated rings. The standard InChI is InChI=1S/C26H29NO5/c1-26-14-13-19-18-10-8-17(31-2)15-16(18)7-9-20(19)22(26)11-12-24(26)32-25(28)21-5-3-4-6-23(21)27(29)30/h3-6,8,10,15,19-20,22,24H,7,9,11-14H2,1-2H3. The van der Waals surface area contributed by atoms with Crippen molar-refractivity contribution in [2.75, 3.05) is 7.11 Å². The van der Waals surface area contributed by atoms with Crippen LogP contribution in [0.4, 0.5) is 5.69 Å². The molecule has 0 saturated heterocycles. The van der Waals surface area contributed by atoms with Crippen molar-refractivity contribution in [1.82, 2.24) is 0 Å². The molecule has 6 heteroatoms. The van der Waals surface area contributed by atoms with Gasteiger partial charge in [-0.05, 0) is 85.6 Å². The van der Waals surface area contributed by atoms with E-state index in [1.165, 1.54) is 23.3 Å². The summed E-state index contributed by atoms with van der Waals surface area (Å²) in [5.41, 5.74) is 2.64. The van der Waals surface area contributed by atoms with E-state index >= 15 is 0 Å². The molecule has 0 heterocycles. The zero-order valence-electron chi connectivity index (χ0n) is 18.6. The van der Waals surface area contributed by atoms with Crippen LogP contribution in [0.2, 0.25) is 0 Å². The molecule has 5 atom stereocenters. The van der Waals surface area contributed by atoms with Crippen molar-refractivity contribution in [3.8, 4) is 5.75 Å². The molecule has 2 aromatic carbocycles. The molecule has 0 spiro atoms. The zero-order valence-corrected chi connectivity index (χ0v) is 18.6. The molecule has 2 saturated carbocycles. The van der Waals surface area contributed by atoms with E-state index in [-0.39, 0.29) is 22.8 Å². The summed E-state index contributed by atoms with van der Waals surface area (Å²) < 4.78 is 11.4. The van der Waals surface area contributed by atoms with Crippen LogP contribution in [-0.2, 0) is 11.2 Å². The highest BCUT2D eigenvalue weighted by molar-refractivity contribution is 5.94. The smallest absolute Gasteiger partial charge is 0.345 e. The Balaban J connectivity index is 1.36. The van der Waals surface area contributed by atoms with Crippen LogP contribution in [-0.4, -0.2) is 24.1 Å². The van der Waals surface area contributed by atoms with Gasteiger partial charge < -0.3 is 9.47 Å². The third-order valence-electron chi connectivity index (χ3n) is 8.42. The first-order valence-corrected chi connectivity index (χ1v) is 11.5. The maximum Gasteiger partial charge on any atom is 0.345 e. The number of nitrogens with zero attached hydrogens (tertiary/aromatic N) is 1. The predicted octanol–water partition coefficient (Wildman–Crippen LogP) is 5.69. The lowest BCUT2D eigenvalue weighted by Crippen LogP contribution is -2.45. The Labute approximate surface area is 188 Å². The van der Waals surface area contributed by atoms with Gasteiger partial charge in [0.05, 0.1) is 12.0 Å². The molecule has 3 aliphatic carbocycles. The predicted molar refractivity (Wildman–Crippen MR) is 120 cm³/mol. The maximum absolute atomic E-state index is 12.9. The van der Waals surface area contributed by atoms with Gasteiger partial charge in [-0.1, -0.05) is 25.1 Å². The Kier molecular flexibility index (Phi) is 5.19. The van der Waals surface area contributed by atoms with Crippen LogP contribution in [0.15, 0.2) is 42.5 Å². The molecule has 2 aromatic rings. The van der Waals surface area contributed by atoms with E-state index in [2.05, 4.69) is 25.1 Å². The van der Waals surface area contributed by atoms with E-state index in [0.717, 1.165) is 44.3 Å². The van der Waals surface area contributed by atoms with Crippen LogP contribution in [0.5, 0.6) is 5.75 Å². The molecule has 5 unspecified atom stereocenters. The van der Waals surface area contributed by atoms with Crippen molar-refractivity contribution in [1.29, 1.82) is 0 Å². The number of fused-ring (bicyclic) bond motifs is 5. The Hall–Kier alpha value is -2.89. The summed E-state index contributed by atoms with van der Waals surface area (Å²) in [6.45, 7) is 2.27. The van der Waals surface area contributed by atoms with E-state index in [0.29, 0.717) is 17.8 Å².